The number of hydrogen-bond donors (Lipinski definition) is 0. The summed E-state index contributed by atoms with van der Waals surface area (Å²) < 4.78 is 44.4. The third kappa shape index (κ3) is 4.22. The second-order valence-electron chi connectivity index (χ2n) is 7.15. The summed E-state index contributed by atoms with van der Waals surface area (Å²) in [5.41, 5.74) is 2.45. The maximum atomic E-state index is 13.9. The minimum Gasteiger partial charge on any atom is -0.457 e. The lowest BCUT2D eigenvalue weighted by atomic mass is 9.77. The summed E-state index contributed by atoms with van der Waals surface area (Å²) in [5, 5.41) is 0. The van der Waals surface area contributed by atoms with E-state index >= 15 is 0 Å². The van der Waals surface area contributed by atoms with Gasteiger partial charge in [0.25, 0.3) is 0 Å². The highest BCUT2D eigenvalue weighted by molar-refractivity contribution is 5.65. The van der Waals surface area contributed by atoms with Crippen LogP contribution in [0.4, 0.5) is 13.2 Å². The van der Waals surface area contributed by atoms with Crippen molar-refractivity contribution in [2.75, 3.05) is 6.86 Å². The third-order valence-corrected chi connectivity index (χ3v) is 5.46. The van der Waals surface area contributed by atoms with Gasteiger partial charge >= 0.3 is 0 Å². The minimum atomic E-state index is -1.26. The van der Waals surface area contributed by atoms with Gasteiger partial charge in [0, 0.05) is 0 Å². The molecule has 0 aliphatic heterocycles. The Bertz CT molecular complexity index is 696. The van der Waals surface area contributed by atoms with Gasteiger partial charge in [0.15, 0.2) is 17.4 Å². The molecule has 0 aromatic heterocycles. The normalized spacial score (nSPS) is 20.2. The highest BCUT2D eigenvalue weighted by Gasteiger charge is 2.22. The Hall–Kier alpha value is -1.97. The first-order chi connectivity index (χ1) is 12.6. The number of rotatable bonds is 6. The highest BCUT2D eigenvalue weighted by atomic mass is 19.1. The molecule has 1 aliphatic rings. The number of alkyl halides is 1. The van der Waals surface area contributed by atoms with Gasteiger partial charge in [0.05, 0.1) is 0 Å². The van der Waals surface area contributed by atoms with Gasteiger partial charge in [-0.2, -0.15) is 0 Å². The van der Waals surface area contributed by atoms with Gasteiger partial charge in [-0.1, -0.05) is 44.0 Å². The van der Waals surface area contributed by atoms with Crippen LogP contribution in [0.5, 0.6) is 5.75 Å². The molecule has 3 rings (SSSR count). The number of hydrogen-bond acceptors (Lipinski definition) is 1. The Kier molecular flexibility index (Phi) is 6.23. The van der Waals surface area contributed by atoms with E-state index < -0.39 is 24.2 Å². The molecule has 2 aromatic rings. The lowest BCUT2D eigenvalue weighted by Gasteiger charge is -2.28. The van der Waals surface area contributed by atoms with E-state index in [2.05, 4.69) is 23.8 Å². The standard InChI is InChI=1S/C22H25F3O/c1-2-3-15-4-6-16(7-5-15)17-8-10-18(11-9-17)19-12-20(24)22(26-14-23)21(25)13-19/h8-13,15-16H,2-7,14H2,1H3. The summed E-state index contributed by atoms with van der Waals surface area (Å²) in [6.45, 7) is 0.981. The molecule has 1 aliphatic carbocycles. The van der Waals surface area contributed by atoms with Crippen molar-refractivity contribution in [2.45, 2.75) is 51.4 Å². The average Bonchev–Trinajstić information content (AvgIpc) is 2.66. The molecule has 26 heavy (non-hydrogen) atoms. The summed E-state index contributed by atoms with van der Waals surface area (Å²) in [4.78, 5) is 0. The molecular formula is C22H25F3O. The van der Waals surface area contributed by atoms with E-state index in [9.17, 15) is 13.2 Å². The summed E-state index contributed by atoms with van der Waals surface area (Å²) in [6, 6.07) is 10.3. The summed E-state index contributed by atoms with van der Waals surface area (Å²) in [7, 11) is 0. The van der Waals surface area contributed by atoms with Gasteiger partial charge < -0.3 is 4.74 Å². The zero-order valence-corrected chi connectivity index (χ0v) is 15.1. The Morgan fingerprint density at radius 3 is 2.08 bits per heavy atom. The van der Waals surface area contributed by atoms with Gasteiger partial charge in [0.2, 0.25) is 6.86 Å². The Morgan fingerprint density at radius 1 is 0.923 bits per heavy atom. The highest BCUT2D eigenvalue weighted by Crippen LogP contribution is 2.38. The van der Waals surface area contributed by atoms with E-state index in [1.807, 2.05) is 12.1 Å². The average molecular weight is 362 g/mol. The molecule has 4 heteroatoms. The first kappa shape index (κ1) is 18.8. The molecule has 1 nitrogen and oxygen atoms in total. The van der Waals surface area contributed by atoms with Crippen LogP contribution >= 0.6 is 0 Å². The molecule has 0 amide bonds. The van der Waals surface area contributed by atoms with E-state index in [1.165, 1.54) is 56.2 Å². The number of ether oxygens (including phenoxy) is 1. The van der Waals surface area contributed by atoms with Crippen molar-refractivity contribution in [2.24, 2.45) is 5.92 Å². The first-order valence-corrected chi connectivity index (χ1v) is 9.40. The van der Waals surface area contributed by atoms with E-state index in [0.29, 0.717) is 11.5 Å². The molecule has 2 aromatic carbocycles. The number of benzene rings is 2. The molecule has 0 saturated heterocycles. The SMILES string of the molecule is CCCC1CCC(c2ccc(-c3cc(F)c(OCF)c(F)c3)cc2)CC1. The largest absolute Gasteiger partial charge is 0.457 e. The quantitative estimate of drug-likeness (QED) is 0.537. The van der Waals surface area contributed by atoms with Crippen molar-refractivity contribution in [3.8, 4) is 16.9 Å². The van der Waals surface area contributed by atoms with Crippen molar-refractivity contribution in [3.63, 3.8) is 0 Å². The summed E-state index contributed by atoms with van der Waals surface area (Å²) in [5.74, 6) is -1.01. The van der Waals surface area contributed by atoms with Gasteiger partial charge in [-0.05, 0) is 66.3 Å². The molecule has 0 bridgehead atoms. The molecule has 0 atom stereocenters. The molecule has 0 N–H and O–H groups in total. The Balaban J connectivity index is 1.72. The molecule has 0 spiro atoms. The van der Waals surface area contributed by atoms with Crippen molar-refractivity contribution in [1.29, 1.82) is 0 Å². The fourth-order valence-corrected chi connectivity index (χ4v) is 4.06. The Morgan fingerprint density at radius 2 is 1.54 bits per heavy atom. The van der Waals surface area contributed by atoms with Gasteiger partial charge in [-0.3, -0.25) is 0 Å². The lowest BCUT2D eigenvalue weighted by molar-refractivity contribution is 0.176. The topological polar surface area (TPSA) is 9.23 Å². The van der Waals surface area contributed by atoms with E-state index in [4.69, 9.17) is 0 Å². The molecule has 1 fully saturated rings. The van der Waals surface area contributed by atoms with E-state index in [1.54, 1.807) is 0 Å². The van der Waals surface area contributed by atoms with Crippen molar-refractivity contribution >= 4 is 0 Å². The molecule has 0 radical (unpaired) electrons. The van der Waals surface area contributed by atoms with E-state index in [-0.39, 0.29) is 0 Å². The van der Waals surface area contributed by atoms with Crippen molar-refractivity contribution in [1.82, 2.24) is 0 Å². The predicted octanol–water partition coefficient (Wildman–Crippen LogP) is 7.01. The fourth-order valence-electron chi connectivity index (χ4n) is 4.06. The van der Waals surface area contributed by atoms with Gasteiger partial charge in [-0.15, -0.1) is 0 Å². The zero-order valence-electron chi connectivity index (χ0n) is 15.1. The predicted molar refractivity (Wildman–Crippen MR) is 98.0 cm³/mol. The smallest absolute Gasteiger partial charge is 0.228 e. The van der Waals surface area contributed by atoms with Crippen LogP contribution in [0, 0.1) is 17.6 Å². The maximum Gasteiger partial charge on any atom is 0.228 e. The van der Waals surface area contributed by atoms with Crippen LogP contribution in [-0.2, 0) is 0 Å². The third-order valence-electron chi connectivity index (χ3n) is 5.46. The second-order valence-corrected chi connectivity index (χ2v) is 7.15. The Labute approximate surface area is 153 Å². The fraction of sp³-hybridized carbons (Fsp3) is 0.455. The lowest BCUT2D eigenvalue weighted by Crippen LogP contribution is -2.13. The number of halogens is 3. The summed E-state index contributed by atoms with van der Waals surface area (Å²) in [6.07, 6.45) is 7.57. The summed E-state index contributed by atoms with van der Waals surface area (Å²) >= 11 is 0. The maximum absolute atomic E-state index is 13.9. The second kappa shape index (κ2) is 8.61. The van der Waals surface area contributed by atoms with Crippen LogP contribution in [0.25, 0.3) is 11.1 Å². The van der Waals surface area contributed by atoms with Crippen LogP contribution < -0.4 is 4.74 Å². The van der Waals surface area contributed by atoms with Crippen LogP contribution in [-0.4, -0.2) is 6.86 Å². The molecular weight excluding hydrogens is 337 g/mol. The van der Waals surface area contributed by atoms with Gasteiger partial charge in [0.1, 0.15) is 0 Å². The first-order valence-electron chi connectivity index (χ1n) is 9.40. The molecule has 140 valence electrons. The zero-order chi connectivity index (χ0) is 18.5. The van der Waals surface area contributed by atoms with Crippen molar-refractivity contribution < 1.29 is 17.9 Å². The molecule has 0 unspecified atom stereocenters. The van der Waals surface area contributed by atoms with Crippen LogP contribution in [0.15, 0.2) is 36.4 Å². The van der Waals surface area contributed by atoms with Gasteiger partial charge in [-0.25, -0.2) is 13.2 Å². The molecule has 0 heterocycles. The minimum absolute atomic E-state index is 0.421. The van der Waals surface area contributed by atoms with Crippen LogP contribution in [0.3, 0.4) is 0 Å². The van der Waals surface area contributed by atoms with Crippen LogP contribution in [0.1, 0.15) is 56.9 Å². The monoisotopic (exact) mass is 362 g/mol. The van der Waals surface area contributed by atoms with Crippen molar-refractivity contribution in [3.05, 3.63) is 53.6 Å². The van der Waals surface area contributed by atoms with Crippen LogP contribution in [0.2, 0.25) is 0 Å². The molecule has 1 saturated carbocycles. The van der Waals surface area contributed by atoms with E-state index in [0.717, 1.165) is 11.5 Å².